The molecule has 0 saturated carbocycles. The maximum Gasteiger partial charge on any atom is 0.123 e. The lowest BCUT2D eigenvalue weighted by molar-refractivity contribution is 0.0385. The van der Waals surface area contributed by atoms with Gasteiger partial charge in [-0.2, -0.15) is 0 Å². The van der Waals surface area contributed by atoms with Crippen LogP contribution in [0.25, 0.3) is 0 Å². The number of benzene rings is 8. The normalized spacial score (nSPS) is 26.4. The van der Waals surface area contributed by atoms with Gasteiger partial charge in [-0.1, -0.05) is 156 Å². The van der Waals surface area contributed by atoms with Gasteiger partial charge in [0.1, 0.15) is 23.3 Å². The van der Waals surface area contributed by atoms with Gasteiger partial charge in [0.25, 0.3) is 0 Å². The smallest absolute Gasteiger partial charge is 0.123 e. The average Bonchev–Trinajstić information content (AvgIpc) is 2.60. The van der Waals surface area contributed by atoms with E-state index in [2.05, 4.69) is 125 Å². The van der Waals surface area contributed by atoms with E-state index in [1.54, 1.807) is 48.5 Å². The molecule has 8 aromatic rings. The Labute approximate surface area is 501 Å². The highest BCUT2D eigenvalue weighted by Gasteiger charge is 2.44. The molecule has 0 N–H and O–H groups in total. The van der Waals surface area contributed by atoms with Crippen molar-refractivity contribution in [2.45, 2.75) is 185 Å². The van der Waals surface area contributed by atoms with Gasteiger partial charge < -0.3 is 18.9 Å². The number of rotatable bonds is 4. The van der Waals surface area contributed by atoms with Crippen molar-refractivity contribution in [3.63, 3.8) is 0 Å². The van der Waals surface area contributed by atoms with Gasteiger partial charge in [-0.15, -0.1) is 0 Å². The number of halogens is 4. The van der Waals surface area contributed by atoms with E-state index in [1.165, 1.54) is 66.8 Å². The topological polar surface area (TPSA) is 36.9 Å². The number of fused-ring (bicyclic) bond motifs is 20. The quantitative estimate of drug-likeness (QED) is 0.165. The highest BCUT2D eigenvalue weighted by atomic mass is 19.1. The van der Waals surface area contributed by atoms with Crippen LogP contribution in [0.5, 0.6) is 0 Å². The lowest BCUT2D eigenvalue weighted by Crippen LogP contribution is -2.07. The molecule has 12 atom stereocenters. The summed E-state index contributed by atoms with van der Waals surface area (Å²) < 4.78 is 80.0. The first-order valence-corrected chi connectivity index (χ1v) is 31.1. The Morgan fingerprint density at radius 2 is 0.482 bits per heavy atom. The Hall–Kier alpha value is -6.68. The number of hydrogen-bond acceptors (Lipinski definition) is 4. The molecule has 0 aromatic heterocycles. The Kier molecular flexibility index (Phi) is 17.5. The van der Waals surface area contributed by atoms with Gasteiger partial charge in [-0.25, -0.2) is 17.6 Å². The predicted molar refractivity (Wildman–Crippen MR) is 330 cm³/mol. The van der Waals surface area contributed by atoms with E-state index in [-0.39, 0.29) is 79.5 Å². The van der Waals surface area contributed by atoms with Crippen molar-refractivity contribution in [2.24, 2.45) is 0 Å². The molecule has 4 aliphatic heterocycles. The van der Waals surface area contributed by atoms with Crippen molar-refractivity contribution < 1.29 is 36.5 Å². The average molecular weight is 1150 g/mol. The lowest BCUT2D eigenvalue weighted by Gasteiger charge is -2.19. The molecule has 0 bridgehead atoms. The molecule has 85 heavy (non-hydrogen) atoms. The summed E-state index contributed by atoms with van der Waals surface area (Å²) in [7, 11) is 0. The van der Waals surface area contributed by atoms with Crippen LogP contribution in [0, 0.1) is 23.3 Å². The summed E-state index contributed by atoms with van der Waals surface area (Å²) in [5.41, 5.74) is 20.0. The molecule has 4 heterocycles. The van der Waals surface area contributed by atoms with Crippen LogP contribution in [0.4, 0.5) is 17.6 Å². The Morgan fingerprint density at radius 1 is 0.282 bits per heavy atom. The summed E-state index contributed by atoms with van der Waals surface area (Å²) in [5, 5.41) is 0. The summed E-state index contributed by atoms with van der Waals surface area (Å²) in [6, 6.07) is 55.1. The molecular formula is C77H80F4O4. The van der Waals surface area contributed by atoms with Gasteiger partial charge >= 0.3 is 0 Å². The molecule has 4 aliphatic carbocycles. The van der Waals surface area contributed by atoms with E-state index >= 15 is 0 Å². The monoisotopic (exact) mass is 1140 g/mol. The van der Waals surface area contributed by atoms with Crippen molar-refractivity contribution in [2.75, 3.05) is 0 Å². The standard InChI is InChI=1S/4C19H19FO.CH4/c4*1-2-15-11-18-16-6-4-3-5-12(16)9-13-7-8-14(20)10-17(13)19(18)21-15;/h4*3-8,10,15,18-19H,2,9,11H2,1H3;1H4/t2*15-,18+,19+;2*15-,18-,19-;/m1010./s1. The van der Waals surface area contributed by atoms with Gasteiger partial charge in [0.15, 0.2) is 0 Å². The van der Waals surface area contributed by atoms with Gasteiger partial charge in [0.2, 0.25) is 0 Å². The van der Waals surface area contributed by atoms with Crippen molar-refractivity contribution in [1.29, 1.82) is 0 Å². The zero-order chi connectivity index (χ0) is 57.6. The van der Waals surface area contributed by atoms with Crippen LogP contribution in [-0.4, -0.2) is 24.4 Å². The zero-order valence-corrected chi connectivity index (χ0v) is 48.7. The Morgan fingerprint density at radius 3 is 0.694 bits per heavy atom. The fourth-order valence-electron chi connectivity index (χ4n) is 15.4. The summed E-state index contributed by atoms with van der Waals surface area (Å²) in [6.45, 7) is 8.64. The Bertz CT molecular complexity index is 3190. The van der Waals surface area contributed by atoms with E-state index < -0.39 is 0 Å². The van der Waals surface area contributed by atoms with Crippen molar-refractivity contribution in [3.8, 4) is 0 Å². The fraction of sp³-hybridized carbons (Fsp3) is 0.377. The molecular weight excluding hydrogens is 1060 g/mol. The minimum atomic E-state index is -0.165. The fourth-order valence-corrected chi connectivity index (χ4v) is 15.4. The van der Waals surface area contributed by atoms with Gasteiger partial charge in [-0.05, 0) is 215 Å². The van der Waals surface area contributed by atoms with Crippen LogP contribution >= 0.6 is 0 Å². The van der Waals surface area contributed by atoms with Gasteiger partial charge in [0.05, 0.1) is 48.8 Å². The molecule has 8 aromatic carbocycles. The van der Waals surface area contributed by atoms with Crippen LogP contribution in [0.3, 0.4) is 0 Å². The first kappa shape index (κ1) is 58.7. The molecule has 16 rings (SSSR count). The second-order valence-electron chi connectivity index (χ2n) is 24.6. The summed E-state index contributed by atoms with van der Waals surface area (Å²) >= 11 is 0. The second kappa shape index (κ2) is 25.3. The van der Waals surface area contributed by atoms with Crippen molar-refractivity contribution in [3.05, 3.63) is 282 Å². The van der Waals surface area contributed by atoms with Gasteiger partial charge in [-0.3, -0.25) is 0 Å². The molecule has 0 radical (unpaired) electrons. The van der Waals surface area contributed by atoms with E-state index in [4.69, 9.17) is 18.9 Å². The SMILES string of the molecule is C.CC[C@@H]1C[C@@H]2c3ccccc3Cc3ccc(F)cc3[C@H]2O1.CC[C@@H]1C[C@H]2c3ccccc3Cc3ccc(F)cc3[C@@H]2O1.CC[C@H]1C[C@@H]2c3ccccc3Cc3ccc(F)cc3[C@H]2O1.CC[C@H]1C[C@H]2c3ccccc3Cc3ccc(F)cc3[C@@H]2O1. The van der Waals surface area contributed by atoms with Crippen molar-refractivity contribution >= 4 is 0 Å². The van der Waals surface area contributed by atoms with E-state index in [0.29, 0.717) is 23.7 Å². The minimum Gasteiger partial charge on any atom is -0.370 e. The van der Waals surface area contributed by atoms with E-state index in [0.717, 1.165) is 99.3 Å². The van der Waals surface area contributed by atoms with Crippen LogP contribution in [0.2, 0.25) is 0 Å². The predicted octanol–water partition coefficient (Wildman–Crippen LogP) is 19.7. The molecule has 8 heteroatoms. The first-order valence-electron chi connectivity index (χ1n) is 31.1. The molecule has 4 nitrogen and oxygen atoms in total. The maximum atomic E-state index is 13.7. The minimum absolute atomic E-state index is 0. The first-order chi connectivity index (χ1) is 41.0. The summed E-state index contributed by atoms with van der Waals surface area (Å²) in [5.74, 6) is 0.764. The molecule has 0 amide bonds. The third-order valence-electron chi connectivity index (χ3n) is 19.7. The highest BCUT2D eigenvalue weighted by Crippen LogP contribution is 2.54. The van der Waals surface area contributed by atoms with Crippen molar-refractivity contribution in [1.82, 2.24) is 0 Å². The lowest BCUT2D eigenvalue weighted by atomic mass is 9.87. The number of hydrogen-bond donors (Lipinski definition) is 0. The number of ether oxygens (including phenoxy) is 4. The Balaban J connectivity index is 0.000000111. The third kappa shape index (κ3) is 11.7. The zero-order valence-electron chi connectivity index (χ0n) is 48.7. The molecule has 4 fully saturated rings. The van der Waals surface area contributed by atoms with Crippen LogP contribution in [0.15, 0.2) is 170 Å². The maximum absolute atomic E-state index is 13.7. The van der Waals surface area contributed by atoms with Crippen LogP contribution < -0.4 is 0 Å². The molecule has 0 unspecified atom stereocenters. The van der Waals surface area contributed by atoms with Crippen LogP contribution in [-0.2, 0) is 44.6 Å². The summed E-state index contributed by atoms with van der Waals surface area (Å²) in [4.78, 5) is 0. The molecule has 440 valence electrons. The third-order valence-corrected chi connectivity index (χ3v) is 19.7. The second-order valence-corrected chi connectivity index (χ2v) is 24.6. The molecule has 0 spiro atoms. The largest absolute Gasteiger partial charge is 0.370 e. The molecule has 4 saturated heterocycles. The van der Waals surface area contributed by atoms with E-state index in [9.17, 15) is 17.6 Å². The summed E-state index contributed by atoms with van der Waals surface area (Å²) in [6.07, 6.45) is 12.8. The van der Waals surface area contributed by atoms with Gasteiger partial charge in [0, 0.05) is 23.7 Å². The van der Waals surface area contributed by atoms with E-state index in [1.807, 2.05) is 24.3 Å². The highest BCUT2D eigenvalue weighted by molar-refractivity contribution is 5.49. The van der Waals surface area contributed by atoms with Crippen LogP contribution in [0.1, 0.15) is 224 Å². The molecule has 8 aliphatic rings.